The Morgan fingerprint density at radius 1 is 0.957 bits per heavy atom. The van der Waals surface area contributed by atoms with E-state index in [1.165, 1.54) is 16.8 Å². The number of aromatic carboxylic acids is 1. The number of hydrogen-bond acceptors (Lipinski definition) is 3. The highest BCUT2D eigenvalue weighted by molar-refractivity contribution is 5.88. The third-order valence-corrected chi connectivity index (χ3v) is 4.65. The molecule has 0 spiro atoms. The molecule has 2 aromatic rings. The Kier molecular flexibility index (Phi) is 4.24. The summed E-state index contributed by atoms with van der Waals surface area (Å²) in [6, 6.07) is 13.6. The predicted octanol–water partition coefficient (Wildman–Crippen LogP) is 3.33. The van der Waals surface area contributed by atoms with E-state index in [0.29, 0.717) is 5.56 Å². The predicted molar refractivity (Wildman–Crippen MR) is 93.7 cm³/mol. The molecule has 1 heterocycles. The van der Waals surface area contributed by atoms with Crippen LogP contribution in [0.5, 0.6) is 0 Å². The maximum Gasteiger partial charge on any atom is 0.335 e. The van der Waals surface area contributed by atoms with E-state index in [0.717, 1.165) is 31.9 Å². The van der Waals surface area contributed by atoms with Crippen LogP contribution in [0.2, 0.25) is 0 Å². The van der Waals surface area contributed by atoms with Crippen LogP contribution in [-0.4, -0.2) is 37.3 Å². The van der Waals surface area contributed by atoms with Gasteiger partial charge in [-0.3, -0.25) is 0 Å². The molecule has 120 valence electrons. The molecule has 1 fully saturated rings. The number of hydrogen-bond donors (Lipinski definition) is 1. The molecule has 0 saturated carbocycles. The van der Waals surface area contributed by atoms with Crippen LogP contribution in [0.15, 0.2) is 42.5 Å². The van der Waals surface area contributed by atoms with E-state index >= 15 is 0 Å². The van der Waals surface area contributed by atoms with Crippen LogP contribution >= 0.6 is 0 Å². The number of rotatable bonds is 3. The topological polar surface area (TPSA) is 43.8 Å². The molecule has 1 aliphatic heterocycles. The van der Waals surface area contributed by atoms with E-state index < -0.39 is 5.97 Å². The van der Waals surface area contributed by atoms with Gasteiger partial charge in [-0.2, -0.15) is 0 Å². The zero-order chi connectivity index (χ0) is 16.4. The van der Waals surface area contributed by atoms with Crippen LogP contribution in [0, 0.1) is 13.8 Å². The maximum absolute atomic E-state index is 11.1. The van der Waals surface area contributed by atoms with Crippen molar-refractivity contribution in [2.24, 2.45) is 0 Å². The van der Waals surface area contributed by atoms with Crippen molar-refractivity contribution in [3.05, 3.63) is 59.2 Å². The average Bonchev–Trinajstić information content (AvgIpc) is 2.58. The third-order valence-electron chi connectivity index (χ3n) is 4.65. The summed E-state index contributed by atoms with van der Waals surface area (Å²) in [6.45, 7) is 8.01. The van der Waals surface area contributed by atoms with Crippen molar-refractivity contribution in [1.82, 2.24) is 0 Å². The zero-order valence-corrected chi connectivity index (χ0v) is 13.6. The molecular formula is C19H22N2O2. The molecule has 0 aliphatic carbocycles. The Labute approximate surface area is 137 Å². The quantitative estimate of drug-likeness (QED) is 0.944. The highest BCUT2D eigenvalue weighted by Crippen LogP contribution is 2.25. The molecule has 4 nitrogen and oxygen atoms in total. The smallest absolute Gasteiger partial charge is 0.335 e. The minimum absolute atomic E-state index is 0.347. The summed E-state index contributed by atoms with van der Waals surface area (Å²) in [6.07, 6.45) is 0. The number of nitrogens with zero attached hydrogens (tertiary/aromatic N) is 2. The van der Waals surface area contributed by atoms with Crippen molar-refractivity contribution in [3.8, 4) is 0 Å². The van der Waals surface area contributed by atoms with Crippen molar-refractivity contribution >= 4 is 17.3 Å². The summed E-state index contributed by atoms with van der Waals surface area (Å²) in [7, 11) is 0. The molecule has 3 rings (SSSR count). The first-order valence-electron chi connectivity index (χ1n) is 7.96. The van der Waals surface area contributed by atoms with Crippen LogP contribution in [0.4, 0.5) is 11.4 Å². The van der Waals surface area contributed by atoms with Crippen LogP contribution in [0.25, 0.3) is 0 Å². The SMILES string of the molecule is Cc1cccc(N2CCN(c3cccc(C(=O)O)c3)CC2)c1C. The number of anilines is 2. The van der Waals surface area contributed by atoms with Crippen molar-refractivity contribution in [1.29, 1.82) is 0 Å². The van der Waals surface area contributed by atoms with Crippen LogP contribution < -0.4 is 9.80 Å². The number of carboxylic acid groups (broad SMARTS) is 1. The lowest BCUT2D eigenvalue weighted by atomic mass is 10.1. The van der Waals surface area contributed by atoms with Gasteiger partial charge in [0.25, 0.3) is 0 Å². The van der Waals surface area contributed by atoms with Crippen LogP contribution in [0.1, 0.15) is 21.5 Å². The van der Waals surface area contributed by atoms with Gasteiger partial charge in [-0.25, -0.2) is 4.79 Å². The van der Waals surface area contributed by atoms with Crippen molar-refractivity contribution in [2.75, 3.05) is 36.0 Å². The standard InChI is InChI=1S/C19H22N2O2/c1-14-5-3-8-18(15(14)2)21-11-9-20(10-12-21)17-7-4-6-16(13-17)19(22)23/h3-8,13H,9-12H2,1-2H3,(H,22,23). The second-order valence-corrected chi connectivity index (χ2v) is 6.05. The molecule has 4 heteroatoms. The van der Waals surface area contributed by atoms with Gasteiger partial charge in [-0.15, -0.1) is 0 Å². The molecule has 0 amide bonds. The van der Waals surface area contributed by atoms with Gasteiger partial charge in [0.15, 0.2) is 0 Å². The number of piperazine rings is 1. The molecule has 0 aromatic heterocycles. The molecule has 1 saturated heterocycles. The van der Waals surface area contributed by atoms with E-state index in [9.17, 15) is 4.79 Å². The number of benzene rings is 2. The summed E-state index contributed by atoms with van der Waals surface area (Å²) in [5, 5.41) is 9.13. The summed E-state index contributed by atoms with van der Waals surface area (Å²) >= 11 is 0. The summed E-state index contributed by atoms with van der Waals surface area (Å²) in [4.78, 5) is 15.8. The fourth-order valence-corrected chi connectivity index (χ4v) is 3.12. The Morgan fingerprint density at radius 2 is 1.61 bits per heavy atom. The normalized spacial score (nSPS) is 14.9. The Morgan fingerprint density at radius 3 is 2.30 bits per heavy atom. The van der Waals surface area contributed by atoms with Gasteiger partial charge in [0, 0.05) is 37.6 Å². The Bertz CT molecular complexity index is 719. The number of aryl methyl sites for hydroxylation is 1. The van der Waals surface area contributed by atoms with Crippen molar-refractivity contribution in [2.45, 2.75) is 13.8 Å². The molecule has 1 N–H and O–H groups in total. The van der Waals surface area contributed by atoms with Crippen LogP contribution in [0.3, 0.4) is 0 Å². The highest BCUT2D eigenvalue weighted by Gasteiger charge is 2.19. The molecule has 0 bridgehead atoms. The second-order valence-electron chi connectivity index (χ2n) is 6.05. The van der Waals surface area contributed by atoms with E-state index in [4.69, 9.17) is 5.11 Å². The minimum atomic E-state index is -0.874. The molecule has 0 atom stereocenters. The van der Waals surface area contributed by atoms with E-state index in [1.807, 2.05) is 12.1 Å². The van der Waals surface area contributed by atoms with Crippen molar-refractivity contribution < 1.29 is 9.90 Å². The van der Waals surface area contributed by atoms with Gasteiger partial charge >= 0.3 is 5.97 Å². The van der Waals surface area contributed by atoms with E-state index in [1.54, 1.807) is 12.1 Å². The Balaban J connectivity index is 1.72. The number of carboxylic acids is 1. The average molecular weight is 310 g/mol. The second kappa shape index (κ2) is 6.32. The van der Waals surface area contributed by atoms with E-state index in [2.05, 4.69) is 41.8 Å². The maximum atomic E-state index is 11.1. The van der Waals surface area contributed by atoms with E-state index in [-0.39, 0.29) is 0 Å². The molecule has 1 aliphatic rings. The summed E-state index contributed by atoms with van der Waals surface area (Å²) in [5.74, 6) is -0.874. The molecule has 0 radical (unpaired) electrons. The first kappa shape index (κ1) is 15.4. The fourth-order valence-electron chi connectivity index (χ4n) is 3.12. The monoisotopic (exact) mass is 310 g/mol. The number of carbonyl (C=O) groups is 1. The first-order valence-corrected chi connectivity index (χ1v) is 7.96. The Hall–Kier alpha value is -2.49. The first-order chi connectivity index (χ1) is 11.1. The lowest BCUT2D eigenvalue weighted by Crippen LogP contribution is -2.46. The molecular weight excluding hydrogens is 288 g/mol. The largest absolute Gasteiger partial charge is 0.478 e. The molecule has 23 heavy (non-hydrogen) atoms. The lowest BCUT2D eigenvalue weighted by Gasteiger charge is -2.38. The summed E-state index contributed by atoms with van der Waals surface area (Å²) < 4.78 is 0. The summed E-state index contributed by atoms with van der Waals surface area (Å²) in [5.41, 5.74) is 5.31. The lowest BCUT2D eigenvalue weighted by molar-refractivity contribution is 0.0697. The van der Waals surface area contributed by atoms with Gasteiger partial charge in [-0.1, -0.05) is 18.2 Å². The van der Waals surface area contributed by atoms with Gasteiger partial charge < -0.3 is 14.9 Å². The van der Waals surface area contributed by atoms with Gasteiger partial charge in [-0.05, 0) is 49.2 Å². The molecule has 2 aromatic carbocycles. The van der Waals surface area contributed by atoms with Crippen molar-refractivity contribution in [3.63, 3.8) is 0 Å². The molecule has 0 unspecified atom stereocenters. The third kappa shape index (κ3) is 3.16. The zero-order valence-electron chi connectivity index (χ0n) is 13.6. The van der Waals surface area contributed by atoms with Gasteiger partial charge in [0.05, 0.1) is 5.56 Å². The fraction of sp³-hybridized carbons (Fsp3) is 0.316. The van der Waals surface area contributed by atoms with Gasteiger partial charge in [0.2, 0.25) is 0 Å². The van der Waals surface area contributed by atoms with Gasteiger partial charge in [0.1, 0.15) is 0 Å². The highest BCUT2D eigenvalue weighted by atomic mass is 16.4. The minimum Gasteiger partial charge on any atom is -0.478 e. The van der Waals surface area contributed by atoms with Crippen LogP contribution in [-0.2, 0) is 0 Å².